The fourth-order valence-corrected chi connectivity index (χ4v) is 2.63. The molecular formula is C24H18O. The van der Waals surface area contributed by atoms with Crippen LogP contribution in [0, 0.1) is 23.7 Å². The molecule has 1 aliphatic rings. The van der Waals surface area contributed by atoms with Crippen LogP contribution in [0.15, 0.2) is 84.0 Å². The fraction of sp³-hybridized carbons (Fsp3) is 0.125. The van der Waals surface area contributed by atoms with Crippen molar-refractivity contribution in [1.29, 1.82) is 0 Å². The smallest absolute Gasteiger partial charge is 0.186 e. The molecule has 1 aliphatic carbocycles. The summed E-state index contributed by atoms with van der Waals surface area (Å²) in [5.74, 6) is 12.2. The van der Waals surface area contributed by atoms with Gasteiger partial charge in [0, 0.05) is 22.3 Å². The first-order valence-corrected chi connectivity index (χ1v) is 8.39. The highest BCUT2D eigenvalue weighted by Crippen LogP contribution is 2.24. The van der Waals surface area contributed by atoms with Crippen LogP contribution in [0.2, 0.25) is 0 Å². The highest BCUT2D eigenvalue weighted by molar-refractivity contribution is 6.09. The number of rotatable bonds is 0. The van der Waals surface area contributed by atoms with Crippen molar-refractivity contribution in [3.8, 4) is 23.7 Å². The van der Waals surface area contributed by atoms with Gasteiger partial charge in [0.25, 0.3) is 0 Å². The van der Waals surface area contributed by atoms with Gasteiger partial charge in [0.2, 0.25) is 0 Å². The third-order valence-corrected chi connectivity index (χ3v) is 3.95. The quantitative estimate of drug-likeness (QED) is 0.508. The molecule has 0 radical (unpaired) electrons. The lowest BCUT2D eigenvalue weighted by molar-refractivity contribution is -0.113. The van der Waals surface area contributed by atoms with E-state index in [4.69, 9.17) is 0 Å². The molecule has 1 saturated carbocycles. The standard InChI is InChI=1S/C24H18O/c25-24-22(16-7-14-20-10-3-1-4-11-20)18-9-19-23(24)17-8-15-21-12-5-2-6-13-21/h1-6,10-13,16-17H,9,18-19H2/b22-16-,23-17+. The maximum atomic E-state index is 12.5. The maximum Gasteiger partial charge on any atom is 0.186 e. The van der Waals surface area contributed by atoms with Crippen molar-refractivity contribution in [1.82, 2.24) is 0 Å². The third-order valence-electron chi connectivity index (χ3n) is 3.95. The summed E-state index contributed by atoms with van der Waals surface area (Å²) < 4.78 is 0. The minimum atomic E-state index is 0.0796. The van der Waals surface area contributed by atoms with Gasteiger partial charge in [-0.05, 0) is 55.7 Å². The fourth-order valence-electron chi connectivity index (χ4n) is 2.63. The van der Waals surface area contributed by atoms with Crippen LogP contribution in [0.25, 0.3) is 0 Å². The molecule has 0 bridgehead atoms. The Morgan fingerprint density at radius 1 is 0.680 bits per heavy atom. The van der Waals surface area contributed by atoms with E-state index < -0.39 is 0 Å². The average Bonchev–Trinajstić information content (AvgIpc) is 2.66. The van der Waals surface area contributed by atoms with Gasteiger partial charge in [-0.15, -0.1) is 0 Å². The molecule has 0 saturated heterocycles. The zero-order chi connectivity index (χ0) is 17.3. The van der Waals surface area contributed by atoms with Crippen LogP contribution in [0.5, 0.6) is 0 Å². The molecule has 2 aromatic rings. The lowest BCUT2D eigenvalue weighted by atomic mass is 9.88. The van der Waals surface area contributed by atoms with Gasteiger partial charge in [-0.25, -0.2) is 0 Å². The van der Waals surface area contributed by atoms with Crippen molar-refractivity contribution in [3.63, 3.8) is 0 Å². The van der Waals surface area contributed by atoms with Crippen LogP contribution >= 0.6 is 0 Å². The van der Waals surface area contributed by atoms with Gasteiger partial charge in [0.05, 0.1) is 0 Å². The Bertz CT molecular complexity index is 846. The summed E-state index contributed by atoms with van der Waals surface area (Å²) in [5, 5.41) is 0. The van der Waals surface area contributed by atoms with Gasteiger partial charge in [-0.3, -0.25) is 4.79 Å². The minimum Gasteiger partial charge on any atom is -0.289 e. The summed E-state index contributed by atoms with van der Waals surface area (Å²) in [6.45, 7) is 0. The van der Waals surface area contributed by atoms with Crippen molar-refractivity contribution in [2.75, 3.05) is 0 Å². The van der Waals surface area contributed by atoms with Crippen LogP contribution in [0.1, 0.15) is 30.4 Å². The molecule has 120 valence electrons. The molecule has 1 heteroatoms. The van der Waals surface area contributed by atoms with Crippen molar-refractivity contribution in [3.05, 3.63) is 95.1 Å². The molecular weight excluding hydrogens is 304 g/mol. The van der Waals surface area contributed by atoms with Gasteiger partial charge < -0.3 is 0 Å². The lowest BCUT2D eigenvalue weighted by Crippen LogP contribution is -2.12. The summed E-state index contributed by atoms with van der Waals surface area (Å²) in [7, 11) is 0. The van der Waals surface area contributed by atoms with Crippen LogP contribution in [0.4, 0.5) is 0 Å². The highest BCUT2D eigenvalue weighted by atomic mass is 16.1. The Hall–Kier alpha value is -3.29. The largest absolute Gasteiger partial charge is 0.289 e. The van der Waals surface area contributed by atoms with Crippen LogP contribution in [0.3, 0.4) is 0 Å². The summed E-state index contributed by atoms with van der Waals surface area (Å²) in [6.07, 6.45) is 6.04. The van der Waals surface area contributed by atoms with Crippen molar-refractivity contribution < 1.29 is 4.79 Å². The topological polar surface area (TPSA) is 17.1 Å². The summed E-state index contributed by atoms with van der Waals surface area (Å²) in [6, 6.07) is 19.6. The molecule has 0 spiro atoms. The number of allylic oxidation sites excluding steroid dienone is 4. The van der Waals surface area contributed by atoms with Gasteiger partial charge in [0.15, 0.2) is 5.78 Å². The van der Waals surface area contributed by atoms with Crippen LogP contribution < -0.4 is 0 Å². The van der Waals surface area contributed by atoms with E-state index in [-0.39, 0.29) is 5.78 Å². The monoisotopic (exact) mass is 322 g/mol. The molecule has 0 atom stereocenters. The highest BCUT2D eigenvalue weighted by Gasteiger charge is 2.19. The molecule has 0 amide bonds. The summed E-state index contributed by atoms with van der Waals surface area (Å²) in [4.78, 5) is 12.5. The molecule has 2 aromatic carbocycles. The Morgan fingerprint density at radius 3 is 1.56 bits per heavy atom. The Kier molecular flexibility index (Phi) is 5.65. The third kappa shape index (κ3) is 4.84. The van der Waals surface area contributed by atoms with Gasteiger partial charge >= 0.3 is 0 Å². The Balaban J connectivity index is 1.73. The molecule has 0 N–H and O–H groups in total. The summed E-state index contributed by atoms with van der Waals surface area (Å²) >= 11 is 0. The van der Waals surface area contributed by atoms with Crippen molar-refractivity contribution in [2.45, 2.75) is 19.3 Å². The zero-order valence-corrected chi connectivity index (χ0v) is 14.0. The van der Waals surface area contributed by atoms with E-state index in [1.807, 2.05) is 60.7 Å². The molecule has 1 fully saturated rings. The van der Waals surface area contributed by atoms with E-state index in [9.17, 15) is 4.79 Å². The molecule has 0 unspecified atom stereocenters. The number of Topliss-reactive ketones (excluding diaryl/α,β-unsaturated/α-hetero) is 1. The van der Waals surface area contributed by atoms with E-state index in [0.717, 1.165) is 41.5 Å². The first-order valence-electron chi connectivity index (χ1n) is 8.39. The summed E-state index contributed by atoms with van der Waals surface area (Å²) in [5.41, 5.74) is 3.46. The average molecular weight is 322 g/mol. The number of carbonyl (C=O) groups excluding carboxylic acids is 1. The second-order valence-electron chi connectivity index (χ2n) is 5.79. The van der Waals surface area contributed by atoms with Crippen molar-refractivity contribution >= 4 is 5.78 Å². The maximum absolute atomic E-state index is 12.5. The predicted octanol–water partition coefficient (Wildman–Crippen LogP) is 4.70. The first-order chi connectivity index (χ1) is 12.3. The minimum absolute atomic E-state index is 0.0796. The molecule has 25 heavy (non-hydrogen) atoms. The van der Waals surface area contributed by atoms with E-state index in [2.05, 4.69) is 23.7 Å². The number of ketones is 1. The first kappa shape index (κ1) is 16.6. The van der Waals surface area contributed by atoms with Gasteiger partial charge in [-0.1, -0.05) is 60.1 Å². The molecule has 3 rings (SSSR count). The predicted molar refractivity (Wildman–Crippen MR) is 102 cm³/mol. The van der Waals surface area contributed by atoms with E-state index in [1.54, 1.807) is 12.2 Å². The van der Waals surface area contributed by atoms with E-state index >= 15 is 0 Å². The van der Waals surface area contributed by atoms with Crippen molar-refractivity contribution in [2.24, 2.45) is 0 Å². The number of carbonyl (C=O) groups is 1. The zero-order valence-electron chi connectivity index (χ0n) is 14.0. The van der Waals surface area contributed by atoms with E-state index in [1.165, 1.54) is 0 Å². The van der Waals surface area contributed by atoms with Crippen LogP contribution in [-0.2, 0) is 4.79 Å². The molecule has 1 nitrogen and oxygen atoms in total. The second kappa shape index (κ2) is 8.53. The lowest BCUT2D eigenvalue weighted by Gasteiger charge is -2.14. The second-order valence-corrected chi connectivity index (χ2v) is 5.79. The number of hydrogen-bond donors (Lipinski definition) is 0. The Labute approximate surface area is 149 Å². The molecule has 0 aromatic heterocycles. The van der Waals surface area contributed by atoms with Crippen LogP contribution in [-0.4, -0.2) is 5.78 Å². The number of hydrogen-bond acceptors (Lipinski definition) is 1. The molecule has 0 heterocycles. The SMILES string of the molecule is O=C1/C(=C\C#Cc2ccccc2)CCC/C1=C\C#Cc1ccccc1. The van der Waals surface area contributed by atoms with E-state index in [0.29, 0.717) is 0 Å². The number of benzene rings is 2. The Morgan fingerprint density at radius 2 is 1.12 bits per heavy atom. The normalized spacial score (nSPS) is 16.7. The van der Waals surface area contributed by atoms with Gasteiger partial charge in [-0.2, -0.15) is 0 Å². The molecule has 0 aliphatic heterocycles. The van der Waals surface area contributed by atoms with Gasteiger partial charge in [0.1, 0.15) is 0 Å².